The van der Waals surface area contributed by atoms with Crippen molar-refractivity contribution in [3.63, 3.8) is 0 Å². The number of benzene rings is 1. The Hall–Kier alpha value is -1.22. The fourth-order valence-electron chi connectivity index (χ4n) is 1.30. The summed E-state index contributed by atoms with van der Waals surface area (Å²) in [5, 5.41) is 0. The van der Waals surface area contributed by atoms with Crippen LogP contribution in [0.4, 0.5) is 0 Å². The molecule has 0 N–H and O–H groups in total. The minimum Gasteiger partial charge on any atom is -0.493 e. The van der Waals surface area contributed by atoms with E-state index in [1.165, 1.54) is 0 Å². The van der Waals surface area contributed by atoms with Crippen LogP contribution in [0.1, 0.15) is 6.42 Å². The zero-order valence-corrected chi connectivity index (χ0v) is 9.69. The molecule has 1 rings (SSSR count). The first-order valence-corrected chi connectivity index (χ1v) is 5.14. The van der Waals surface area contributed by atoms with Gasteiger partial charge in [0.25, 0.3) is 0 Å². The summed E-state index contributed by atoms with van der Waals surface area (Å²) in [6.45, 7) is 1.76. The van der Waals surface area contributed by atoms with E-state index >= 15 is 0 Å². The third-order valence-corrected chi connectivity index (χ3v) is 2.08. The Morgan fingerprint density at radius 1 is 1.13 bits per heavy atom. The predicted molar refractivity (Wildman–Crippen MR) is 61.7 cm³/mol. The van der Waals surface area contributed by atoms with E-state index in [-0.39, 0.29) is 0 Å². The summed E-state index contributed by atoms with van der Waals surface area (Å²) in [7, 11) is 5.77. The van der Waals surface area contributed by atoms with Gasteiger partial charge in [-0.1, -0.05) is 12.1 Å². The van der Waals surface area contributed by atoms with Gasteiger partial charge >= 0.3 is 0 Å². The molecule has 0 aliphatic heterocycles. The average molecular weight is 209 g/mol. The number of ether oxygens (including phenoxy) is 2. The van der Waals surface area contributed by atoms with Crippen LogP contribution in [0, 0.1) is 0 Å². The molecule has 0 saturated carbocycles. The number of para-hydroxylation sites is 2. The van der Waals surface area contributed by atoms with Crippen molar-refractivity contribution >= 4 is 0 Å². The smallest absolute Gasteiger partial charge is 0.161 e. The minimum absolute atomic E-state index is 0.721. The van der Waals surface area contributed by atoms with Crippen molar-refractivity contribution in [2.24, 2.45) is 0 Å². The van der Waals surface area contributed by atoms with Gasteiger partial charge in [0.2, 0.25) is 0 Å². The summed E-state index contributed by atoms with van der Waals surface area (Å²) in [5.41, 5.74) is 0. The normalized spacial score (nSPS) is 10.4. The maximum atomic E-state index is 5.63. The highest BCUT2D eigenvalue weighted by Gasteiger charge is 2.01. The fraction of sp³-hybridized carbons (Fsp3) is 0.500. The highest BCUT2D eigenvalue weighted by molar-refractivity contribution is 5.39. The van der Waals surface area contributed by atoms with Gasteiger partial charge in [-0.25, -0.2) is 0 Å². The Kier molecular flexibility index (Phi) is 4.98. The third-order valence-electron chi connectivity index (χ3n) is 2.08. The first kappa shape index (κ1) is 11.9. The van der Waals surface area contributed by atoms with E-state index in [9.17, 15) is 0 Å². The van der Waals surface area contributed by atoms with Gasteiger partial charge in [-0.15, -0.1) is 0 Å². The van der Waals surface area contributed by atoms with Crippen molar-refractivity contribution in [1.29, 1.82) is 0 Å². The van der Waals surface area contributed by atoms with Crippen molar-refractivity contribution < 1.29 is 9.47 Å². The molecule has 0 saturated heterocycles. The molecule has 0 aromatic heterocycles. The summed E-state index contributed by atoms with van der Waals surface area (Å²) in [4.78, 5) is 2.14. The average Bonchev–Trinajstić information content (AvgIpc) is 2.24. The number of nitrogens with zero attached hydrogens (tertiary/aromatic N) is 1. The quantitative estimate of drug-likeness (QED) is 0.669. The first-order valence-electron chi connectivity index (χ1n) is 5.14. The van der Waals surface area contributed by atoms with Gasteiger partial charge < -0.3 is 14.4 Å². The number of rotatable bonds is 6. The van der Waals surface area contributed by atoms with E-state index in [0.29, 0.717) is 0 Å². The molecule has 0 bridgehead atoms. The van der Waals surface area contributed by atoms with Gasteiger partial charge in [0.05, 0.1) is 13.7 Å². The maximum Gasteiger partial charge on any atom is 0.161 e. The topological polar surface area (TPSA) is 21.7 Å². The lowest BCUT2D eigenvalue weighted by molar-refractivity contribution is 0.268. The second kappa shape index (κ2) is 6.30. The highest BCUT2D eigenvalue weighted by atomic mass is 16.5. The predicted octanol–water partition coefficient (Wildman–Crippen LogP) is 2.03. The Morgan fingerprint density at radius 2 is 1.80 bits per heavy atom. The van der Waals surface area contributed by atoms with E-state index < -0.39 is 0 Å². The molecule has 0 unspecified atom stereocenters. The zero-order valence-electron chi connectivity index (χ0n) is 9.69. The number of methoxy groups -OCH3 is 1. The van der Waals surface area contributed by atoms with Crippen molar-refractivity contribution in [3.8, 4) is 11.5 Å². The molecular weight excluding hydrogens is 190 g/mol. The molecule has 0 amide bonds. The second-order valence-electron chi connectivity index (χ2n) is 3.66. The molecule has 1 aromatic carbocycles. The maximum absolute atomic E-state index is 5.63. The first-order chi connectivity index (χ1) is 7.24. The summed E-state index contributed by atoms with van der Waals surface area (Å²) in [6.07, 6.45) is 1.02. The lowest BCUT2D eigenvalue weighted by atomic mass is 10.3. The van der Waals surface area contributed by atoms with Crippen LogP contribution in [0.25, 0.3) is 0 Å². The van der Waals surface area contributed by atoms with E-state index in [4.69, 9.17) is 9.47 Å². The van der Waals surface area contributed by atoms with Gasteiger partial charge in [0.1, 0.15) is 0 Å². The van der Waals surface area contributed by atoms with Crippen LogP contribution < -0.4 is 9.47 Å². The SMILES string of the molecule is COc1ccccc1OCCCN(C)C. The molecule has 0 atom stereocenters. The standard InChI is InChI=1S/C12H19NO2/c1-13(2)9-6-10-15-12-8-5-4-7-11(12)14-3/h4-5,7-8H,6,9-10H2,1-3H3. The molecule has 15 heavy (non-hydrogen) atoms. The van der Waals surface area contributed by atoms with Crippen molar-refractivity contribution in [3.05, 3.63) is 24.3 Å². The van der Waals surface area contributed by atoms with Gasteiger partial charge in [-0.2, -0.15) is 0 Å². The Balaban J connectivity index is 2.36. The van der Waals surface area contributed by atoms with Gasteiger partial charge in [0, 0.05) is 6.54 Å². The third kappa shape index (κ3) is 4.21. The largest absolute Gasteiger partial charge is 0.493 e. The zero-order chi connectivity index (χ0) is 11.1. The van der Waals surface area contributed by atoms with Crippen molar-refractivity contribution in [2.45, 2.75) is 6.42 Å². The van der Waals surface area contributed by atoms with Crippen molar-refractivity contribution in [2.75, 3.05) is 34.4 Å². The summed E-state index contributed by atoms with van der Waals surface area (Å²) < 4.78 is 10.8. The molecule has 3 heteroatoms. The number of hydrogen-bond donors (Lipinski definition) is 0. The van der Waals surface area contributed by atoms with Crippen LogP contribution >= 0.6 is 0 Å². The van der Waals surface area contributed by atoms with Crippen LogP contribution in [0.3, 0.4) is 0 Å². The molecule has 3 nitrogen and oxygen atoms in total. The molecule has 0 radical (unpaired) electrons. The summed E-state index contributed by atoms with van der Waals surface area (Å²) >= 11 is 0. The summed E-state index contributed by atoms with van der Waals surface area (Å²) in [6, 6.07) is 7.71. The molecule has 1 aromatic rings. The van der Waals surface area contributed by atoms with Gasteiger partial charge in [0.15, 0.2) is 11.5 Å². The molecule has 0 aliphatic carbocycles. The fourth-order valence-corrected chi connectivity index (χ4v) is 1.30. The van der Waals surface area contributed by atoms with Gasteiger partial charge in [-0.3, -0.25) is 0 Å². The second-order valence-corrected chi connectivity index (χ2v) is 3.66. The molecule has 0 fully saturated rings. The molecule has 84 valence electrons. The summed E-state index contributed by atoms with van der Waals surface area (Å²) in [5.74, 6) is 1.61. The molecule has 0 spiro atoms. The van der Waals surface area contributed by atoms with Gasteiger partial charge in [-0.05, 0) is 32.6 Å². The van der Waals surface area contributed by atoms with Crippen molar-refractivity contribution in [1.82, 2.24) is 4.90 Å². The van der Waals surface area contributed by atoms with Crippen LogP contribution in [0.15, 0.2) is 24.3 Å². The van der Waals surface area contributed by atoms with E-state index in [1.807, 2.05) is 24.3 Å². The Labute approximate surface area is 91.6 Å². The molecule has 0 aliphatic rings. The number of hydrogen-bond acceptors (Lipinski definition) is 3. The monoisotopic (exact) mass is 209 g/mol. The van der Waals surface area contributed by atoms with Crippen LogP contribution in [-0.4, -0.2) is 39.3 Å². The van der Waals surface area contributed by atoms with Crippen LogP contribution in [-0.2, 0) is 0 Å². The van der Waals surface area contributed by atoms with Crippen LogP contribution in [0.5, 0.6) is 11.5 Å². The van der Waals surface area contributed by atoms with Crippen LogP contribution in [0.2, 0.25) is 0 Å². The van der Waals surface area contributed by atoms with E-state index in [0.717, 1.165) is 31.1 Å². The van der Waals surface area contributed by atoms with E-state index in [1.54, 1.807) is 7.11 Å². The van der Waals surface area contributed by atoms with E-state index in [2.05, 4.69) is 19.0 Å². The lowest BCUT2D eigenvalue weighted by Crippen LogP contribution is -2.15. The Morgan fingerprint density at radius 3 is 2.40 bits per heavy atom. The highest BCUT2D eigenvalue weighted by Crippen LogP contribution is 2.25. The lowest BCUT2D eigenvalue weighted by Gasteiger charge is -2.12. The Bertz CT molecular complexity index is 287. The minimum atomic E-state index is 0.721. The molecular formula is C12H19NO2. The molecule has 0 heterocycles.